The highest BCUT2D eigenvalue weighted by Crippen LogP contribution is 2.29. The fraction of sp³-hybridized carbons (Fsp3) is 0.235. The van der Waals surface area contributed by atoms with Crippen molar-refractivity contribution in [3.05, 3.63) is 48.3 Å². The quantitative estimate of drug-likeness (QED) is 0.542. The molecule has 6 heteroatoms. The van der Waals surface area contributed by atoms with Crippen LogP contribution in [0.1, 0.15) is 19.7 Å². The monoisotopic (exact) mass is 340 g/mol. The van der Waals surface area contributed by atoms with Crippen LogP contribution in [0.15, 0.2) is 42.5 Å². The van der Waals surface area contributed by atoms with Gasteiger partial charge in [0.2, 0.25) is 4.96 Å². The van der Waals surface area contributed by atoms with Crippen LogP contribution in [0.3, 0.4) is 0 Å². The maximum Gasteiger partial charge on any atom is 0.235 e. The molecule has 0 unspecified atom stereocenters. The Bertz CT molecular complexity index is 971. The Morgan fingerprint density at radius 3 is 2.74 bits per heavy atom. The Morgan fingerprint density at radius 2 is 1.91 bits per heavy atom. The number of rotatable bonds is 4. The van der Waals surface area contributed by atoms with Crippen molar-refractivity contribution in [2.45, 2.75) is 24.9 Å². The minimum atomic E-state index is 0.570. The number of thioether (sulfide) groups is 1. The first-order valence-electron chi connectivity index (χ1n) is 7.52. The van der Waals surface area contributed by atoms with E-state index in [1.165, 1.54) is 10.8 Å². The molecular weight excluding hydrogens is 324 g/mol. The predicted octanol–water partition coefficient (Wildman–Crippen LogP) is 4.65. The van der Waals surface area contributed by atoms with Crippen LogP contribution in [0.4, 0.5) is 0 Å². The number of nitrogens with zero attached hydrogens (tertiary/aromatic N) is 4. The summed E-state index contributed by atoms with van der Waals surface area (Å²) in [5.41, 5.74) is 1.13. The van der Waals surface area contributed by atoms with Crippen molar-refractivity contribution in [3.63, 3.8) is 0 Å². The Labute approximate surface area is 142 Å². The highest BCUT2D eigenvalue weighted by atomic mass is 32.2. The fourth-order valence-corrected chi connectivity index (χ4v) is 3.94. The maximum absolute atomic E-state index is 4.72. The first kappa shape index (κ1) is 14.7. The molecule has 4 aromatic rings. The molecule has 0 amide bonds. The second-order valence-corrected chi connectivity index (χ2v) is 8.16. The van der Waals surface area contributed by atoms with E-state index in [1.54, 1.807) is 11.3 Å². The van der Waals surface area contributed by atoms with Gasteiger partial charge in [0, 0.05) is 5.56 Å². The normalized spacial score (nSPS) is 11.8. The summed E-state index contributed by atoms with van der Waals surface area (Å²) in [6, 6.07) is 14.8. The summed E-state index contributed by atoms with van der Waals surface area (Å²) in [5, 5.41) is 17.3. The van der Waals surface area contributed by atoms with Crippen molar-refractivity contribution in [3.8, 4) is 10.6 Å². The summed E-state index contributed by atoms with van der Waals surface area (Å²) in [5.74, 6) is 1.75. The van der Waals surface area contributed by atoms with Gasteiger partial charge in [-0.25, -0.2) is 0 Å². The molecule has 0 spiro atoms. The molecular formula is C17H16N4S2. The van der Waals surface area contributed by atoms with Crippen molar-refractivity contribution < 1.29 is 0 Å². The van der Waals surface area contributed by atoms with Gasteiger partial charge in [0.1, 0.15) is 5.01 Å². The third-order valence-corrected chi connectivity index (χ3v) is 5.64. The number of hydrogen-bond donors (Lipinski definition) is 0. The molecule has 0 N–H and O–H groups in total. The first-order valence-corrected chi connectivity index (χ1v) is 9.39. The van der Waals surface area contributed by atoms with Crippen LogP contribution in [0, 0.1) is 0 Å². The van der Waals surface area contributed by atoms with E-state index < -0.39 is 0 Å². The number of fused-ring (bicyclic) bond motifs is 2. The Hall–Kier alpha value is -1.92. The minimum Gasteiger partial charge on any atom is -0.186 e. The first-order chi connectivity index (χ1) is 11.2. The van der Waals surface area contributed by atoms with E-state index in [1.807, 2.05) is 16.3 Å². The highest BCUT2D eigenvalue weighted by Gasteiger charge is 2.13. The van der Waals surface area contributed by atoms with Crippen LogP contribution >= 0.6 is 23.1 Å². The highest BCUT2D eigenvalue weighted by molar-refractivity contribution is 7.99. The van der Waals surface area contributed by atoms with Gasteiger partial charge in [0.05, 0.1) is 5.75 Å². The molecule has 116 valence electrons. The molecule has 0 atom stereocenters. The summed E-state index contributed by atoms with van der Waals surface area (Å²) >= 11 is 3.44. The van der Waals surface area contributed by atoms with Gasteiger partial charge >= 0.3 is 0 Å². The van der Waals surface area contributed by atoms with Crippen LogP contribution < -0.4 is 0 Å². The molecule has 0 aliphatic carbocycles. The summed E-state index contributed by atoms with van der Waals surface area (Å²) in [6.45, 7) is 4.37. The minimum absolute atomic E-state index is 0.570. The molecule has 0 saturated heterocycles. The lowest BCUT2D eigenvalue weighted by molar-refractivity contribution is 0.885. The van der Waals surface area contributed by atoms with E-state index in [-0.39, 0.29) is 0 Å². The SMILES string of the molecule is CC(C)SCc1nnc2sc(-c3ccc4ccccc4c3)nn12. The Morgan fingerprint density at radius 1 is 1.09 bits per heavy atom. The largest absolute Gasteiger partial charge is 0.235 e. The lowest BCUT2D eigenvalue weighted by atomic mass is 10.1. The van der Waals surface area contributed by atoms with Crippen molar-refractivity contribution in [1.82, 2.24) is 19.8 Å². The molecule has 0 aliphatic heterocycles. The topological polar surface area (TPSA) is 43.1 Å². The molecule has 23 heavy (non-hydrogen) atoms. The van der Waals surface area contributed by atoms with Gasteiger partial charge in [-0.2, -0.15) is 21.4 Å². The average molecular weight is 340 g/mol. The molecule has 2 aromatic carbocycles. The summed E-state index contributed by atoms with van der Waals surface area (Å²) in [7, 11) is 0. The van der Waals surface area contributed by atoms with Gasteiger partial charge < -0.3 is 0 Å². The van der Waals surface area contributed by atoms with Gasteiger partial charge in [0.25, 0.3) is 0 Å². The van der Waals surface area contributed by atoms with E-state index >= 15 is 0 Å². The molecule has 4 rings (SSSR count). The van der Waals surface area contributed by atoms with Gasteiger partial charge in [0.15, 0.2) is 5.82 Å². The smallest absolute Gasteiger partial charge is 0.186 e. The predicted molar refractivity (Wildman–Crippen MR) is 98.0 cm³/mol. The second-order valence-electron chi connectivity index (χ2n) is 5.64. The molecule has 0 aliphatic rings. The molecule has 0 radical (unpaired) electrons. The lowest BCUT2D eigenvalue weighted by Gasteiger charge is -2.01. The second kappa shape index (κ2) is 5.94. The zero-order chi connectivity index (χ0) is 15.8. The Balaban J connectivity index is 1.73. The maximum atomic E-state index is 4.72. The van der Waals surface area contributed by atoms with E-state index in [4.69, 9.17) is 5.10 Å². The fourth-order valence-electron chi connectivity index (χ4n) is 2.43. The molecule has 0 bridgehead atoms. The van der Waals surface area contributed by atoms with Crippen molar-refractivity contribution in [2.75, 3.05) is 0 Å². The third kappa shape index (κ3) is 2.84. The lowest BCUT2D eigenvalue weighted by Crippen LogP contribution is -1.96. The van der Waals surface area contributed by atoms with Gasteiger partial charge in [-0.15, -0.1) is 10.2 Å². The molecule has 4 nitrogen and oxygen atoms in total. The van der Waals surface area contributed by atoms with Gasteiger partial charge in [-0.05, 0) is 22.1 Å². The molecule has 0 saturated carbocycles. The van der Waals surface area contributed by atoms with Crippen LogP contribution in [-0.2, 0) is 5.75 Å². The van der Waals surface area contributed by atoms with Crippen LogP contribution in [0.5, 0.6) is 0 Å². The number of hydrogen-bond acceptors (Lipinski definition) is 5. The summed E-state index contributed by atoms with van der Waals surface area (Å²) in [6.07, 6.45) is 0. The molecule has 2 heterocycles. The van der Waals surface area contributed by atoms with Crippen molar-refractivity contribution in [2.24, 2.45) is 0 Å². The van der Waals surface area contributed by atoms with E-state index in [0.717, 1.165) is 27.1 Å². The molecule has 2 aromatic heterocycles. The zero-order valence-corrected chi connectivity index (χ0v) is 14.6. The van der Waals surface area contributed by atoms with Gasteiger partial charge in [-0.1, -0.05) is 61.6 Å². The number of aromatic nitrogens is 4. The van der Waals surface area contributed by atoms with Crippen LogP contribution in [0.25, 0.3) is 26.3 Å². The van der Waals surface area contributed by atoms with E-state index in [9.17, 15) is 0 Å². The summed E-state index contributed by atoms with van der Waals surface area (Å²) < 4.78 is 1.88. The zero-order valence-electron chi connectivity index (χ0n) is 12.9. The van der Waals surface area contributed by atoms with E-state index in [0.29, 0.717) is 5.25 Å². The van der Waals surface area contributed by atoms with Crippen molar-refractivity contribution in [1.29, 1.82) is 0 Å². The van der Waals surface area contributed by atoms with Crippen LogP contribution in [-0.4, -0.2) is 25.1 Å². The van der Waals surface area contributed by atoms with Gasteiger partial charge in [-0.3, -0.25) is 0 Å². The summed E-state index contributed by atoms with van der Waals surface area (Å²) in [4.78, 5) is 0.854. The standard InChI is InChI=1S/C17H16N4S2/c1-11(2)22-10-15-18-19-17-21(15)20-16(23-17)14-8-7-12-5-3-4-6-13(12)9-14/h3-9,11H,10H2,1-2H3. The molecule has 0 fully saturated rings. The van der Waals surface area contributed by atoms with Crippen LogP contribution in [0.2, 0.25) is 0 Å². The van der Waals surface area contributed by atoms with Crippen molar-refractivity contribution >= 4 is 38.8 Å². The number of benzene rings is 2. The third-order valence-electron chi connectivity index (χ3n) is 3.60. The Kier molecular flexibility index (Phi) is 3.79. The average Bonchev–Trinajstić information content (AvgIpc) is 3.13. The van der Waals surface area contributed by atoms with E-state index in [2.05, 4.69) is 66.5 Å².